The van der Waals surface area contributed by atoms with E-state index in [1.54, 1.807) is 31.4 Å². The van der Waals surface area contributed by atoms with E-state index in [0.29, 0.717) is 5.56 Å². The fourth-order valence-electron chi connectivity index (χ4n) is 3.36. The van der Waals surface area contributed by atoms with Crippen LogP contribution in [0.1, 0.15) is 17.2 Å². The molecule has 2 aromatic carbocycles. The fourth-order valence-corrected chi connectivity index (χ4v) is 3.63. The zero-order chi connectivity index (χ0) is 21.1. The van der Waals surface area contributed by atoms with Crippen LogP contribution in [0.15, 0.2) is 58.6 Å². The minimum absolute atomic E-state index is 0.0889. The summed E-state index contributed by atoms with van der Waals surface area (Å²) in [7, 11) is 5.42. The second-order valence-electron chi connectivity index (χ2n) is 6.98. The lowest BCUT2D eigenvalue weighted by molar-refractivity contribution is -0.140. The molecule has 6 nitrogen and oxygen atoms in total. The number of aliphatic hydroxyl groups is 1. The Balaban J connectivity index is 2.13. The van der Waals surface area contributed by atoms with Gasteiger partial charge in [0.2, 0.25) is 0 Å². The molecule has 7 heteroatoms. The molecule has 1 saturated heterocycles. The third-order valence-corrected chi connectivity index (χ3v) is 5.45. The number of ketones is 1. The predicted octanol–water partition coefficient (Wildman–Crippen LogP) is 3.58. The van der Waals surface area contributed by atoms with Crippen molar-refractivity contribution in [2.45, 2.75) is 6.04 Å². The van der Waals surface area contributed by atoms with E-state index in [4.69, 9.17) is 4.74 Å². The average molecular weight is 459 g/mol. The van der Waals surface area contributed by atoms with Crippen molar-refractivity contribution in [1.29, 1.82) is 0 Å². The Morgan fingerprint density at radius 1 is 1.10 bits per heavy atom. The number of amides is 1. The van der Waals surface area contributed by atoms with Crippen molar-refractivity contribution in [3.05, 3.63) is 69.7 Å². The average Bonchev–Trinajstić information content (AvgIpc) is 2.97. The Kier molecular flexibility index (Phi) is 6.39. The van der Waals surface area contributed by atoms with Crippen molar-refractivity contribution >= 4 is 39.1 Å². The molecule has 1 aliphatic rings. The van der Waals surface area contributed by atoms with Crippen LogP contribution in [-0.4, -0.2) is 56.1 Å². The van der Waals surface area contributed by atoms with Gasteiger partial charge >= 0.3 is 0 Å². The first-order valence-corrected chi connectivity index (χ1v) is 9.95. The second kappa shape index (κ2) is 8.80. The number of carbonyl (C=O) groups excluding carboxylic acids is 2. The maximum Gasteiger partial charge on any atom is 0.295 e. The highest BCUT2D eigenvalue weighted by Gasteiger charge is 2.45. The van der Waals surface area contributed by atoms with E-state index in [-0.39, 0.29) is 24.5 Å². The highest BCUT2D eigenvalue weighted by atomic mass is 79.9. The molecule has 0 saturated carbocycles. The number of ether oxygens (including phenoxy) is 1. The van der Waals surface area contributed by atoms with Gasteiger partial charge in [0.25, 0.3) is 11.7 Å². The molecule has 1 N–H and O–H groups in total. The number of anilines is 1. The summed E-state index contributed by atoms with van der Waals surface area (Å²) in [5.74, 6) is -1.51. The number of nitrogens with zero attached hydrogens (tertiary/aromatic N) is 2. The van der Waals surface area contributed by atoms with Gasteiger partial charge in [0.15, 0.2) is 0 Å². The SMILES string of the molecule is COCCN1C(=O)C(=O)/C(=C(\O)c2ccc(Br)cc2)C1c1ccc(N(C)C)cc1. The minimum atomic E-state index is -0.691. The number of hydrogen-bond donors (Lipinski definition) is 1. The zero-order valence-corrected chi connectivity index (χ0v) is 18.1. The number of methoxy groups -OCH3 is 1. The molecule has 0 bridgehead atoms. The van der Waals surface area contributed by atoms with E-state index in [1.807, 2.05) is 43.3 Å². The standard InChI is InChI=1S/C22H23BrN2O4/c1-24(2)17-10-6-14(7-11-17)19-18(20(26)15-4-8-16(23)9-5-15)21(27)22(28)25(19)12-13-29-3/h4-11,19,26H,12-13H2,1-3H3/b20-18-. The Hall–Kier alpha value is -2.64. The first-order valence-electron chi connectivity index (χ1n) is 9.15. The van der Waals surface area contributed by atoms with Crippen molar-refractivity contribution in [2.75, 3.05) is 39.3 Å². The van der Waals surface area contributed by atoms with Crippen LogP contribution in [0.5, 0.6) is 0 Å². The van der Waals surface area contributed by atoms with Gasteiger partial charge in [-0.05, 0) is 29.8 Å². The van der Waals surface area contributed by atoms with E-state index in [2.05, 4.69) is 15.9 Å². The summed E-state index contributed by atoms with van der Waals surface area (Å²) in [6, 6.07) is 13.9. The van der Waals surface area contributed by atoms with Gasteiger partial charge in [0.05, 0.1) is 18.2 Å². The quantitative estimate of drug-likeness (QED) is 0.406. The summed E-state index contributed by atoms with van der Waals surface area (Å²) in [4.78, 5) is 29.0. The molecule has 0 aromatic heterocycles. The van der Waals surface area contributed by atoms with Crippen LogP contribution < -0.4 is 4.90 Å². The number of hydrogen-bond acceptors (Lipinski definition) is 5. The Morgan fingerprint density at radius 2 is 1.72 bits per heavy atom. The van der Waals surface area contributed by atoms with Crippen molar-refractivity contribution in [2.24, 2.45) is 0 Å². The van der Waals surface area contributed by atoms with Crippen molar-refractivity contribution in [3.8, 4) is 0 Å². The highest BCUT2D eigenvalue weighted by Crippen LogP contribution is 2.39. The molecular formula is C22H23BrN2O4. The molecule has 0 spiro atoms. The summed E-state index contributed by atoms with van der Waals surface area (Å²) in [6.07, 6.45) is 0. The normalized spacial score (nSPS) is 18.3. The van der Waals surface area contributed by atoms with Gasteiger partial charge in [0.1, 0.15) is 5.76 Å². The van der Waals surface area contributed by atoms with Crippen molar-refractivity contribution in [3.63, 3.8) is 0 Å². The van der Waals surface area contributed by atoms with Gasteiger partial charge in [-0.2, -0.15) is 0 Å². The fraction of sp³-hybridized carbons (Fsp3) is 0.273. The third-order valence-electron chi connectivity index (χ3n) is 4.92. The maximum absolute atomic E-state index is 12.9. The summed E-state index contributed by atoms with van der Waals surface area (Å²) in [6.45, 7) is 0.538. The second-order valence-corrected chi connectivity index (χ2v) is 7.89. The predicted molar refractivity (Wildman–Crippen MR) is 116 cm³/mol. The monoisotopic (exact) mass is 458 g/mol. The zero-order valence-electron chi connectivity index (χ0n) is 16.6. The molecule has 0 radical (unpaired) electrons. The molecule has 152 valence electrons. The third kappa shape index (κ3) is 4.21. The van der Waals surface area contributed by atoms with Crippen LogP contribution in [0.2, 0.25) is 0 Å². The summed E-state index contributed by atoms with van der Waals surface area (Å²) >= 11 is 3.36. The van der Waals surface area contributed by atoms with E-state index in [1.165, 1.54) is 4.90 Å². The highest BCUT2D eigenvalue weighted by molar-refractivity contribution is 9.10. The van der Waals surface area contributed by atoms with Gasteiger partial charge in [-0.25, -0.2) is 0 Å². The maximum atomic E-state index is 12.9. The smallest absolute Gasteiger partial charge is 0.295 e. The van der Waals surface area contributed by atoms with Gasteiger partial charge in [-0.3, -0.25) is 9.59 Å². The number of halogens is 1. The molecule has 1 unspecified atom stereocenters. The Morgan fingerprint density at radius 3 is 2.28 bits per heavy atom. The number of Topliss-reactive ketones (excluding diaryl/α,β-unsaturated/α-hetero) is 1. The largest absolute Gasteiger partial charge is 0.507 e. The van der Waals surface area contributed by atoms with Crippen LogP contribution in [0.3, 0.4) is 0 Å². The summed E-state index contributed by atoms with van der Waals surface area (Å²) in [5, 5.41) is 10.9. The minimum Gasteiger partial charge on any atom is -0.507 e. The van der Waals surface area contributed by atoms with E-state index in [0.717, 1.165) is 15.7 Å². The van der Waals surface area contributed by atoms with Crippen LogP contribution in [-0.2, 0) is 14.3 Å². The number of aliphatic hydroxyl groups excluding tert-OH is 1. The van der Waals surface area contributed by atoms with Crippen LogP contribution in [0.4, 0.5) is 5.69 Å². The topological polar surface area (TPSA) is 70.1 Å². The molecule has 1 aliphatic heterocycles. The first kappa shape index (κ1) is 21.1. The molecular weight excluding hydrogens is 436 g/mol. The first-order chi connectivity index (χ1) is 13.8. The molecule has 1 atom stereocenters. The Labute approximate surface area is 178 Å². The molecule has 3 rings (SSSR count). The van der Waals surface area contributed by atoms with Crippen LogP contribution in [0, 0.1) is 0 Å². The molecule has 0 aliphatic carbocycles. The molecule has 1 fully saturated rings. The van der Waals surface area contributed by atoms with E-state index >= 15 is 0 Å². The summed E-state index contributed by atoms with van der Waals surface area (Å²) in [5.41, 5.74) is 2.32. The van der Waals surface area contributed by atoms with Crippen molar-refractivity contribution in [1.82, 2.24) is 4.90 Å². The van der Waals surface area contributed by atoms with Gasteiger partial charge in [-0.15, -0.1) is 0 Å². The van der Waals surface area contributed by atoms with Gasteiger partial charge < -0.3 is 19.6 Å². The molecule has 1 amide bonds. The van der Waals surface area contributed by atoms with E-state index in [9.17, 15) is 14.7 Å². The van der Waals surface area contributed by atoms with Crippen LogP contribution in [0.25, 0.3) is 5.76 Å². The van der Waals surface area contributed by atoms with Crippen molar-refractivity contribution < 1.29 is 19.4 Å². The van der Waals surface area contributed by atoms with Crippen LogP contribution >= 0.6 is 15.9 Å². The number of likely N-dealkylation sites (tertiary alicyclic amines) is 1. The van der Waals surface area contributed by atoms with E-state index < -0.39 is 17.7 Å². The number of benzene rings is 2. The molecule has 1 heterocycles. The Bertz CT molecular complexity index is 936. The number of rotatable bonds is 6. The molecule has 2 aromatic rings. The lowest BCUT2D eigenvalue weighted by Crippen LogP contribution is -2.32. The summed E-state index contributed by atoms with van der Waals surface area (Å²) < 4.78 is 5.97. The lowest BCUT2D eigenvalue weighted by Gasteiger charge is -2.25. The molecule has 29 heavy (non-hydrogen) atoms. The van der Waals surface area contributed by atoms with Gasteiger partial charge in [-0.1, -0.05) is 40.2 Å². The van der Waals surface area contributed by atoms with Gasteiger partial charge in [0, 0.05) is 43.5 Å². The number of carbonyl (C=O) groups is 2. The lowest BCUT2D eigenvalue weighted by atomic mass is 9.95.